The Labute approximate surface area is 177 Å². The Morgan fingerprint density at radius 1 is 1.24 bits per heavy atom. The predicted octanol–water partition coefficient (Wildman–Crippen LogP) is -0.122. The van der Waals surface area contributed by atoms with Crippen molar-refractivity contribution in [2.75, 3.05) is 7.11 Å². The Hall–Kier alpha value is -1.12. The van der Waals surface area contributed by atoms with Gasteiger partial charge >= 0.3 is 29.6 Å². The zero-order chi connectivity index (χ0) is 17.7. The quantitative estimate of drug-likeness (QED) is 0.375. The average molecular weight is 432 g/mol. The second kappa shape index (κ2) is 9.54. The first kappa shape index (κ1) is 21.9. The molecule has 0 aliphatic carbocycles. The first-order valence-electron chi connectivity index (χ1n) is 6.92. The van der Waals surface area contributed by atoms with E-state index >= 15 is 0 Å². The third kappa shape index (κ3) is 6.27. The van der Waals surface area contributed by atoms with Crippen LogP contribution in [-0.4, -0.2) is 21.4 Å². The van der Waals surface area contributed by atoms with Gasteiger partial charge in [0, 0.05) is 15.9 Å². The van der Waals surface area contributed by atoms with E-state index in [1.165, 1.54) is 19.3 Å². The molecular formula is C17H15BrNNaO4S. The number of ether oxygens (including phenoxy) is 1. The van der Waals surface area contributed by atoms with Gasteiger partial charge in [0.15, 0.2) is 0 Å². The summed E-state index contributed by atoms with van der Waals surface area (Å²) < 4.78 is 33.4. The minimum atomic E-state index is -4.05. The Morgan fingerprint density at radius 2 is 1.92 bits per heavy atom. The molecule has 5 nitrogen and oxygen atoms in total. The summed E-state index contributed by atoms with van der Waals surface area (Å²) in [4.78, 5) is 0. The van der Waals surface area contributed by atoms with Crippen LogP contribution in [0.1, 0.15) is 16.7 Å². The smallest absolute Gasteiger partial charge is 0.858 e. The van der Waals surface area contributed by atoms with Crippen LogP contribution in [0.25, 0.3) is 6.08 Å². The van der Waals surface area contributed by atoms with Crippen LogP contribution in [0, 0.1) is 6.92 Å². The summed E-state index contributed by atoms with van der Waals surface area (Å²) in [6, 6.07) is 11.8. The van der Waals surface area contributed by atoms with Crippen molar-refractivity contribution in [3.8, 4) is 5.75 Å². The number of aryl methyl sites for hydroxylation is 1. The SMILES string of the molecule is COc1ccccc1/C=C/S(=O)(=O)/N=C(\[O-])c1ccc(Br)cc1C.[Na+]. The maximum absolute atomic E-state index is 12.1. The minimum Gasteiger partial charge on any atom is -0.858 e. The number of halogens is 1. The molecule has 0 aromatic heterocycles. The standard InChI is InChI=1S/C17H16BrNO4S.Na/c1-12-11-14(18)7-8-15(12)17(20)19-24(21,22)10-9-13-5-3-4-6-16(13)23-2;/h3-11H,1-2H3,(H,19,20);/q;+1/p-1/b10-9+;. The Balaban J connectivity index is 0.00000312. The van der Waals surface area contributed by atoms with E-state index in [0.29, 0.717) is 16.9 Å². The summed E-state index contributed by atoms with van der Waals surface area (Å²) in [7, 11) is -2.56. The Kier molecular flexibility index (Phi) is 8.37. The molecule has 0 unspecified atom stereocenters. The molecular weight excluding hydrogens is 417 g/mol. The van der Waals surface area contributed by atoms with Crippen molar-refractivity contribution in [2.24, 2.45) is 4.40 Å². The predicted molar refractivity (Wildman–Crippen MR) is 96.4 cm³/mol. The van der Waals surface area contributed by atoms with Crippen molar-refractivity contribution >= 4 is 37.9 Å². The zero-order valence-corrected chi connectivity index (χ0v) is 18.5. The van der Waals surface area contributed by atoms with Gasteiger partial charge in [-0.05, 0) is 42.3 Å². The van der Waals surface area contributed by atoms with Gasteiger partial charge in [-0.25, -0.2) is 0 Å². The van der Waals surface area contributed by atoms with Crippen LogP contribution in [-0.2, 0) is 10.0 Å². The molecule has 2 aromatic rings. The fraction of sp³-hybridized carbons (Fsp3) is 0.118. The van der Waals surface area contributed by atoms with Crippen LogP contribution >= 0.6 is 15.9 Å². The van der Waals surface area contributed by atoms with Crippen molar-refractivity contribution in [2.45, 2.75) is 6.92 Å². The number of benzene rings is 2. The summed E-state index contributed by atoms with van der Waals surface area (Å²) in [6.07, 6.45) is 1.35. The Bertz CT molecular complexity index is 911. The Morgan fingerprint density at radius 3 is 2.56 bits per heavy atom. The fourth-order valence-electron chi connectivity index (χ4n) is 2.03. The van der Waals surface area contributed by atoms with Gasteiger partial charge in [0.25, 0.3) is 10.0 Å². The van der Waals surface area contributed by atoms with E-state index < -0.39 is 15.9 Å². The van der Waals surface area contributed by atoms with Gasteiger partial charge in [-0.3, -0.25) is 0 Å². The number of rotatable bonds is 5. The third-order valence-corrected chi connectivity index (χ3v) is 4.58. The third-order valence-electron chi connectivity index (χ3n) is 3.19. The summed E-state index contributed by atoms with van der Waals surface area (Å²) in [5, 5.41) is 13.0. The molecule has 2 aromatic carbocycles. The van der Waals surface area contributed by atoms with Gasteiger partial charge in [0.2, 0.25) is 0 Å². The topological polar surface area (TPSA) is 78.8 Å². The van der Waals surface area contributed by atoms with E-state index in [-0.39, 0.29) is 35.1 Å². The molecule has 25 heavy (non-hydrogen) atoms. The molecule has 0 N–H and O–H groups in total. The first-order valence-corrected chi connectivity index (χ1v) is 9.21. The van der Waals surface area contributed by atoms with E-state index in [0.717, 1.165) is 9.88 Å². The summed E-state index contributed by atoms with van der Waals surface area (Å²) >= 11 is 3.29. The van der Waals surface area contributed by atoms with Crippen molar-refractivity contribution in [3.05, 3.63) is 69.0 Å². The molecule has 0 amide bonds. The molecule has 2 rings (SSSR count). The number of para-hydroxylation sites is 1. The van der Waals surface area contributed by atoms with E-state index in [1.54, 1.807) is 43.3 Å². The summed E-state index contributed by atoms with van der Waals surface area (Å²) in [5.74, 6) is -0.274. The van der Waals surface area contributed by atoms with Crippen LogP contribution in [0.15, 0.2) is 56.7 Å². The summed E-state index contributed by atoms with van der Waals surface area (Å²) in [6.45, 7) is 1.71. The second-order valence-corrected chi connectivity index (χ2v) is 7.32. The maximum Gasteiger partial charge on any atom is 1.00 e. The molecule has 0 heterocycles. The molecule has 126 valence electrons. The van der Waals surface area contributed by atoms with E-state index in [4.69, 9.17) is 4.74 Å². The number of methoxy groups -OCH3 is 1. The van der Waals surface area contributed by atoms with Gasteiger partial charge in [-0.2, -0.15) is 12.8 Å². The molecule has 0 bridgehead atoms. The molecule has 8 heteroatoms. The van der Waals surface area contributed by atoms with Gasteiger partial charge in [0.1, 0.15) is 5.75 Å². The second-order valence-electron chi connectivity index (χ2n) is 4.92. The van der Waals surface area contributed by atoms with Gasteiger partial charge < -0.3 is 9.84 Å². The van der Waals surface area contributed by atoms with Gasteiger partial charge in [0.05, 0.1) is 12.5 Å². The van der Waals surface area contributed by atoms with Crippen LogP contribution in [0.5, 0.6) is 5.75 Å². The van der Waals surface area contributed by atoms with Crippen LogP contribution in [0.2, 0.25) is 0 Å². The van der Waals surface area contributed by atoms with Gasteiger partial charge in [-0.15, -0.1) is 0 Å². The number of hydrogen-bond donors (Lipinski definition) is 0. The minimum absolute atomic E-state index is 0. The van der Waals surface area contributed by atoms with Crippen LogP contribution < -0.4 is 39.4 Å². The van der Waals surface area contributed by atoms with Crippen molar-refractivity contribution in [1.29, 1.82) is 0 Å². The molecule has 0 saturated heterocycles. The molecule has 0 aliphatic rings. The van der Waals surface area contributed by atoms with Crippen LogP contribution in [0.4, 0.5) is 0 Å². The van der Waals surface area contributed by atoms with Crippen molar-refractivity contribution < 1.29 is 47.8 Å². The first-order chi connectivity index (χ1) is 11.3. The zero-order valence-electron chi connectivity index (χ0n) is 14.1. The van der Waals surface area contributed by atoms with Gasteiger partial charge in [-0.1, -0.05) is 40.2 Å². The fourth-order valence-corrected chi connectivity index (χ4v) is 3.21. The molecule has 0 atom stereocenters. The van der Waals surface area contributed by atoms with Crippen LogP contribution in [0.3, 0.4) is 0 Å². The maximum atomic E-state index is 12.1. The monoisotopic (exact) mass is 431 g/mol. The number of nitrogens with zero attached hydrogens (tertiary/aromatic N) is 1. The molecule has 0 aliphatic heterocycles. The molecule has 0 fully saturated rings. The number of hydrogen-bond acceptors (Lipinski definition) is 4. The van der Waals surface area contributed by atoms with Crippen molar-refractivity contribution in [1.82, 2.24) is 0 Å². The number of sulfonamides is 1. The van der Waals surface area contributed by atoms with E-state index in [2.05, 4.69) is 20.3 Å². The molecule has 0 saturated carbocycles. The van der Waals surface area contributed by atoms with E-state index in [9.17, 15) is 13.5 Å². The largest absolute Gasteiger partial charge is 1.00 e. The van der Waals surface area contributed by atoms with E-state index in [1.807, 2.05) is 0 Å². The van der Waals surface area contributed by atoms with Crippen molar-refractivity contribution in [3.63, 3.8) is 0 Å². The molecule has 0 radical (unpaired) electrons. The summed E-state index contributed by atoms with van der Waals surface area (Å²) in [5.41, 5.74) is 1.46. The average Bonchev–Trinajstić information content (AvgIpc) is 2.52. The normalized spacial score (nSPS) is 12.0. The molecule has 0 spiro atoms.